The molecule has 2 heterocycles. The summed E-state index contributed by atoms with van der Waals surface area (Å²) in [6.45, 7) is 0. The zero-order chi connectivity index (χ0) is 14.7. The van der Waals surface area contributed by atoms with E-state index in [1.165, 1.54) is 0 Å². The minimum atomic E-state index is 0.0558. The SMILES string of the molecule is Cn1ccnc1CCC(NN)c1cccc2cccnc12. The van der Waals surface area contributed by atoms with Crippen LogP contribution in [0.1, 0.15) is 23.9 Å². The number of pyridine rings is 1. The molecule has 3 N–H and O–H groups in total. The number of aromatic nitrogens is 3. The van der Waals surface area contributed by atoms with E-state index in [9.17, 15) is 0 Å². The highest BCUT2D eigenvalue weighted by atomic mass is 15.2. The molecule has 0 saturated heterocycles. The van der Waals surface area contributed by atoms with Crippen LogP contribution in [-0.2, 0) is 13.5 Å². The Bertz CT molecular complexity index is 729. The molecule has 5 nitrogen and oxygen atoms in total. The second kappa shape index (κ2) is 6.03. The first-order valence-corrected chi connectivity index (χ1v) is 7.05. The van der Waals surface area contributed by atoms with Gasteiger partial charge < -0.3 is 4.57 Å². The highest BCUT2D eigenvalue weighted by molar-refractivity contribution is 5.81. The zero-order valence-electron chi connectivity index (χ0n) is 12.0. The van der Waals surface area contributed by atoms with Gasteiger partial charge in [-0.2, -0.15) is 0 Å². The first-order valence-electron chi connectivity index (χ1n) is 7.05. The van der Waals surface area contributed by atoms with Crippen LogP contribution >= 0.6 is 0 Å². The Morgan fingerprint density at radius 3 is 2.81 bits per heavy atom. The lowest BCUT2D eigenvalue weighted by molar-refractivity contribution is 0.509. The number of nitrogens with zero attached hydrogens (tertiary/aromatic N) is 3. The van der Waals surface area contributed by atoms with Crippen molar-refractivity contribution in [2.24, 2.45) is 12.9 Å². The number of rotatable bonds is 5. The molecule has 3 aromatic rings. The van der Waals surface area contributed by atoms with Gasteiger partial charge in [0.05, 0.1) is 5.52 Å². The summed E-state index contributed by atoms with van der Waals surface area (Å²) in [7, 11) is 2.01. The van der Waals surface area contributed by atoms with E-state index < -0.39 is 0 Å². The van der Waals surface area contributed by atoms with Gasteiger partial charge in [0.15, 0.2) is 0 Å². The number of nitrogens with one attached hydrogen (secondary N) is 1. The maximum absolute atomic E-state index is 5.77. The number of imidazole rings is 1. The largest absolute Gasteiger partial charge is 0.338 e. The van der Waals surface area contributed by atoms with Crippen LogP contribution in [0.4, 0.5) is 0 Å². The van der Waals surface area contributed by atoms with Crippen LogP contribution in [0.2, 0.25) is 0 Å². The van der Waals surface area contributed by atoms with Crippen molar-refractivity contribution < 1.29 is 0 Å². The van der Waals surface area contributed by atoms with Gasteiger partial charge in [-0.15, -0.1) is 0 Å². The minimum absolute atomic E-state index is 0.0558. The van der Waals surface area contributed by atoms with Gasteiger partial charge in [-0.1, -0.05) is 24.3 Å². The van der Waals surface area contributed by atoms with Crippen molar-refractivity contribution in [3.63, 3.8) is 0 Å². The number of nitrogens with two attached hydrogens (primary N) is 1. The summed E-state index contributed by atoms with van der Waals surface area (Å²) >= 11 is 0. The molecule has 0 spiro atoms. The number of hydrazine groups is 1. The summed E-state index contributed by atoms with van der Waals surface area (Å²) in [6.07, 6.45) is 7.33. The van der Waals surface area contributed by atoms with Crippen LogP contribution < -0.4 is 11.3 Å². The predicted octanol–water partition coefficient (Wildman–Crippen LogP) is 2.11. The highest BCUT2D eigenvalue weighted by Crippen LogP contribution is 2.25. The van der Waals surface area contributed by atoms with E-state index in [1.54, 1.807) is 0 Å². The van der Waals surface area contributed by atoms with Gasteiger partial charge in [0.1, 0.15) is 5.82 Å². The molecule has 1 unspecified atom stereocenters. The first kappa shape index (κ1) is 13.7. The van der Waals surface area contributed by atoms with Crippen molar-refractivity contribution in [2.75, 3.05) is 0 Å². The molecule has 0 aliphatic rings. The maximum Gasteiger partial charge on any atom is 0.108 e. The fraction of sp³-hybridized carbons (Fsp3) is 0.250. The Morgan fingerprint density at radius 1 is 1.19 bits per heavy atom. The van der Waals surface area contributed by atoms with Gasteiger partial charge >= 0.3 is 0 Å². The van der Waals surface area contributed by atoms with Crippen LogP contribution in [-0.4, -0.2) is 14.5 Å². The number of fused-ring (bicyclic) bond motifs is 1. The number of para-hydroxylation sites is 1. The average Bonchev–Trinajstić information content (AvgIpc) is 2.93. The normalized spacial score (nSPS) is 12.7. The molecule has 1 aromatic carbocycles. The van der Waals surface area contributed by atoms with Crippen molar-refractivity contribution in [3.8, 4) is 0 Å². The van der Waals surface area contributed by atoms with Gasteiger partial charge in [-0.3, -0.25) is 16.3 Å². The quantitative estimate of drug-likeness (QED) is 0.555. The topological polar surface area (TPSA) is 68.8 Å². The lowest BCUT2D eigenvalue weighted by atomic mass is 9.99. The van der Waals surface area contributed by atoms with E-state index in [2.05, 4.69) is 33.6 Å². The van der Waals surface area contributed by atoms with Gasteiger partial charge in [-0.25, -0.2) is 4.98 Å². The molecule has 0 aliphatic heterocycles. The summed E-state index contributed by atoms with van der Waals surface area (Å²) in [5.74, 6) is 6.83. The third-order valence-corrected chi connectivity index (χ3v) is 3.82. The van der Waals surface area contributed by atoms with E-state index in [-0.39, 0.29) is 6.04 Å². The number of benzene rings is 1. The second-order valence-electron chi connectivity index (χ2n) is 5.13. The summed E-state index contributed by atoms with van der Waals surface area (Å²) in [5.41, 5.74) is 5.05. The van der Waals surface area contributed by atoms with Crippen LogP contribution in [0.3, 0.4) is 0 Å². The molecule has 0 aliphatic carbocycles. The summed E-state index contributed by atoms with van der Waals surface area (Å²) in [6, 6.07) is 10.3. The fourth-order valence-corrected chi connectivity index (χ4v) is 2.65. The molecule has 5 heteroatoms. The minimum Gasteiger partial charge on any atom is -0.338 e. The predicted molar refractivity (Wildman–Crippen MR) is 83.3 cm³/mol. The van der Waals surface area contributed by atoms with E-state index >= 15 is 0 Å². The molecule has 108 valence electrons. The van der Waals surface area contributed by atoms with Gasteiger partial charge in [0.25, 0.3) is 0 Å². The summed E-state index contributed by atoms with van der Waals surface area (Å²) in [4.78, 5) is 8.85. The van der Waals surface area contributed by atoms with Crippen molar-refractivity contribution in [3.05, 3.63) is 60.3 Å². The first-order chi connectivity index (χ1) is 10.3. The molecule has 0 amide bonds. The van der Waals surface area contributed by atoms with Crippen molar-refractivity contribution >= 4 is 10.9 Å². The molecule has 1 atom stereocenters. The lowest BCUT2D eigenvalue weighted by Gasteiger charge is -2.17. The molecular weight excluding hydrogens is 262 g/mol. The van der Waals surface area contributed by atoms with E-state index in [4.69, 9.17) is 5.84 Å². The molecule has 0 saturated carbocycles. The average molecular weight is 281 g/mol. The molecular formula is C16H19N5. The van der Waals surface area contributed by atoms with E-state index in [1.807, 2.05) is 42.3 Å². The molecule has 0 fully saturated rings. The third-order valence-electron chi connectivity index (χ3n) is 3.82. The molecule has 0 radical (unpaired) electrons. The molecule has 3 rings (SSSR count). The summed E-state index contributed by atoms with van der Waals surface area (Å²) < 4.78 is 2.04. The standard InChI is InChI=1S/C16H19N5/c1-21-11-10-18-15(21)8-7-14(20-17)13-6-2-4-12-5-3-9-19-16(12)13/h2-6,9-11,14,20H,7-8,17H2,1H3. The van der Waals surface area contributed by atoms with Gasteiger partial charge in [-0.05, 0) is 18.1 Å². The Labute approximate surface area is 123 Å². The van der Waals surface area contributed by atoms with Gasteiger partial charge in [0, 0.05) is 43.5 Å². The monoisotopic (exact) mass is 281 g/mol. The Kier molecular flexibility index (Phi) is 3.94. The Morgan fingerprint density at radius 2 is 2.05 bits per heavy atom. The number of hydrogen-bond acceptors (Lipinski definition) is 4. The van der Waals surface area contributed by atoms with E-state index in [0.29, 0.717) is 0 Å². The number of hydrogen-bond donors (Lipinski definition) is 2. The zero-order valence-corrected chi connectivity index (χ0v) is 12.0. The van der Waals surface area contributed by atoms with Crippen molar-refractivity contribution in [1.82, 2.24) is 20.0 Å². The Hall–Kier alpha value is -2.24. The van der Waals surface area contributed by atoms with Crippen LogP contribution in [0.25, 0.3) is 10.9 Å². The Balaban J connectivity index is 1.86. The molecule has 0 bridgehead atoms. The maximum atomic E-state index is 5.77. The van der Waals surface area contributed by atoms with Crippen LogP contribution in [0.15, 0.2) is 48.9 Å². The second-order valence-corrected chi connectivity index (χ2v) is 5.13. The highest BCUT2D eigenvalue weighted by Gasteiger charge is 2.14. The fourth-order valence-electron chi connectivity index (χ4n) is 2.65. The molecule has 21 heavy (non-hydrogen) atoms. The third kappa shape index (κ3) is 2.79. The van der Waals surface area contributed by atoms with Crippen LogP contribution in [0.5, 0.6) is 0 Å². The van der Waals surface area contributed by atoms with Crippen LogP contribution in [0, 0.1) is 0 Å². The molecule has 2 aromatic heterocycles. The number of aryl methyl sites for hydroxylation is 2. The van der Waals surface area contributed by atoms with Crippen molar-refractivity contribution in [2.45, 2.75) is 18.9 Å². The van der Waals surface area contributed by atoms with Gasteiger partial charge in [0.2, 0.25) is 0 Å². The lowest BCUT2D eigenvalue weighted by Crippen LogP contribution is -2.29. The van der Waals surface area contributed by atoms with E-state index in [0.717, 1.165) is 35.1 Å². The smallest absolute Gasteiger partial charge is 0.108 e. The summed E-state index contributed by atoms with van der Waals surface area (Å²) in [5, 5.41) is 1.13. The van der Waals surface area contributed by atoms with Crippen molar-refractivity contribution in [1.29, 1.82) is 0 Å².